The molecule has 0 aliphatic carbocycles. The van der Waals surface area contributed by atoms with Gasteiger partial charge in [-0.2, -0.15) is 5.10 Å². The smallest absolute Gasteiger partial charge is 0.276 e. The Hall–Kier alpha value is -3.98. The van der Waals surface area contributed by atoms with Crippen LogP contribution in [0, 0.1) is 10.9 Å². The van der Waals surface area contributed by atoms with Crippen molar-refractivity contribution in [1.82, 2.24) is 15.0 Å². The molecule has 1 amide bonds. The number of aryl methyl sites for hydroxylation is 1. The summed E-state index contributed by atoms with van der Waals surface area (Å²) in [7, 11) is 0. The topological polar surface area (TPSA) is 71.6 Å². The fraction of sp³-hybridized carbons (Fsp3) is 0.0357. The summed E-state index contributed by atoms with van der Waals surface area (Å²) < 4.78 is 2.28. The van der Waals surface area contributed by atoms with Crippen molar-refractivity contribution in [2.75, 3.05) is 0 Å². The number of aliphatic imine (C=N–C) groups is 1. The number of thiazole rings is 1. The highest BCUT2D eigenvalue weighted by molar-refractivity contribution is 7.73. The molecule has 0 bridgehead atoms. The lowest BCUT2D eigenvalue weighted by Gasteiger charge is -2.06. The fourth-order valence-corrected chi connectivity index (χ4v) is 5.10. The number of hydrogen-bond donors (Lipinski definition) is 1. The molecule has 0 atom stereocenters. The number of para-hydroxylation sites is 2. The molecular weight excluding hydrogens is 522 g/mol. The predicted molar refractivity (Wildman–Crippen MR) is 155 cm³/mol. The maximum atomic E-state index is 13.2. The van der Waals surface area contributed by atoms with Crippen LogP contribution in [0.2, 0.25) is 5.15 Å². The van der Waals surface area contributed by atoms with Crippen molar-refractivity contribution in [1.29, 1.82) is 0 Å². The van der Waals surface area contributed by atoms with E-state index in [-0.39, 0.29) is 0 Å². The van der Waals surface area contributed by atoms with E-state index in [1.165, 1.54) is 17.6 Å². The number of carbonyl (C=O) groups is 1. The molecule has 1 N–H and O–H groups in total. The van der Waals surface area contributed by atoms with E-state index in [1.54, 1.807) is 10.8 Å². The number of halogens is 1. The van der Waals surface area contributed by atoms with Gasteiger partial charge in [-0.05, 0) is 49.0 Å². The number of hydrogen-bond acceptors (Lipinski definition) is 6. The minimum atomic E-state index is -0.428. The summed E-state index contributed by atoms with van der Waals surface area (Å²) >= 11 is 13.1. The van der Waals surface area contributed by atoms with E-state index in [0.29, 0.717) is 25.4 Å². The standard InChI is InChI=1S/C28H20ClN5OS2/c1-18-11-13-19(14-12-18)16-30-26-24(37-28(36)34(26)22-8-3-2-4-9-22)27(35)33-31-17-21-15-20-7-5-6-10-23(20)32-25(21)29/h2-17H,1H3,(H,33,35)/b30-16+,31-17+. The molecule has 6 nitrogen and oxygen atoms in total. The lowest BCUT2D eigenvalue weighted by atomic mass is 10.2. The van der Waals surface area contributed by atoms with Crippen molar-refractivity contribution < 1.29 is 4.79 Å². The molecule has 0 aliphatic rings. The molecule has 182 valence electrons. The quantitative estimate of drug-likeness (QED) is 0.106. The second kappa shape index (κ2) is 11.0. The van der Waals surface area contributed by atoms with Gasteiger partial charge in [-0.25, -0.2) is 15.4 Å². The van der Waals surface area contributed by atoms with E-state index in [4.69, 9.17) is 23.8 Å². The number of rotatable bonds is 6. The summed E-state index contributed by atoms with van der Waals surface area (Å²) in [5, 5.41) is 5.35. The molecule has 5 aromatic rings. The Labute approximate surface area is 227 Å². The van der Waals surface area contributed by atoms with Crippen LogP contribution < -0.4 is 5.43 Å². The lowest BCUT2D eigenvalue weighted by Crippen LogP contribution is -2.17. The molecule has 0 fully saturated rings. The van der Waals surface area contributed by atoms with Gasteiger partial charge in [0.25, 0.3) is 5.91 Å². The van der Waals surface area contributed by atoms with Crippen molar-refractivity contribution in [3.63, 3.8) is 0 Å². The minimum absolute atomic E-state index is 0.297. The summed E-state index contributed by atoms with van der Waals surface area (Å²) in [4.78, 5) is 22.6. The molecule has 0 saturated heterocycles. The molecule has 0 aliphatic heterocycles. The van der Waals surface area contributed by atoms with Crippen LogP contribution in [-0.4, -0.2) is 27.9 Å². The third-order valence-corrected chi connectivity index (χ3v) is 7.16. The van der Waals surface area contributed by atoms with Crippen LogP contribution in [0.25, 0.3) is 16.6 Å². The van der Waals surface area contributed by atoms with E-state index in [0.717, 1.165) is 27.7 Å². The molecular formula is C28H20ClN5OS2. The molecule has 5 rings (SSSR count). The van der Waals surface area contributed by atoms with Crippen molar-refractivity contribution in [3.05, 3.63) is 116 Å². The van der Waals surface area contributed by atoms with E-state index in [1.807, 2.05) is 91.9 Å². The molecule has 0 spiro atoms. The first-order valence-electron chi connectivity index (χ1n) is 11.3. The van der Waals surface area contributed by atoms with Crippen LogP contribution in [0.5, 0.6) is 0 Å². The first-order chi connectivity index (χ1) is 18.0. The van der Waals surface area contributed by atoms with Gasteiger partial charge in [0.2, 0.25) is 0 Å². The van der Waals surface area contributed by atoms with Gasteiger partial charge in [-0.15, -0.1) is 0 Å². The molecule has 9 heteroatoms. The number of benzene rings is 3. The van der Waals surface area contributed by atoms with Crippen LogP contribution in [0.4, 0.5) is 5.82 Å². The molecule has 0 radical (unpaired) electrons. The fourth-order valence-electron chi connectivity index (χ4n) is 3.63. The highest BCUT2D eigenvalue weighted by Gasteiger charge is 2.20. The second-order valence-electron chi connectivity index (χ2n) is 8.12. The highest BCUT2D eigenvalue weighted by Crippen LogP contribution is 2.31. The highest BCUT2D eigenvalue weighted by atomic mass is 35.5. The maximum Gasteiger partial charge on any atom is 0.285 e. The molecule has 2 heterocycles. The number of pyridine rings is 1. The number of nitrogens with zero attached hydrogens (tertiary/aromatic N) is 4. The van der Waals surface area contributed by atoms with Crippen LogP contribution in [0.15, 0.2) is 95.0 Å². The van der Waals surface area contributed by atoms with Gasteiger partial charge in [0.1, 0.15) is 10.0 Å². The Kier molecular flexibility index (Phi) is 7.32. The minimum Gasteiger partial charge on any atom is -0.276 e. The van der Waals surface area contributed by atoms with E-state index in [9.17, 15) is 4.79 Å². The Bertz CT molecular complexity index is 1710. The van der Waals surface area contributed by atoms with E-state index in [2.05, 4.69) is 20.5 Å². The van der Waals surface area contributed by atoms with Crippen LogP contribution in [0.1, 0.15) is 26.4 Å². The van der Waals surface area contributed by atoms with Crippen molar-refractivity contribution >= 4 is 70.2 Å². The number of carbonyl (C=O) groups excluding carboxylic acids is 1. The van der Waals surface area contributed by atoms with Gasteiger partial charge in [-0.3, -0.25) is 9.36 Å². The van der Waals surface area contributed by atoms with Gasteiger partial charge in [0.15, 0.2) is 9.77 Å². The van der Waals surface area contributed by atoms with E-state index < -0.39 is 5.91 Å². The molecule has 0 unspecified atom stereocenters. The summed E-state index contributed by atoms with van der Waals surface area (Å²) in [5.41, 5.74) is 6.83. The first-order valence-corrected chi connectivity index (χ1v) is 12.9. The predicted octanol–water partition coefficient (Wildman–Crippen LogP) is 7.29. The molecule has 2 aromatic heterocycles. The molecule has 0 saturated carbocycles. The molecule has 3 aromatic carbocycles. The van der Waals surface area contributed by atoms with Gasteiger partial charge in [0.05, 0.1) is 11.7 Å². The third-order valence-electron chi connectivity index (χ3n) is 5.50. The zero-order valence-electron chi connectivity index (χ0n) is 19.6. The summed E-state index contributed by atoms with van der Waals surface area (Å²) in [6.07, 6.45) is 3.19. The van der Waals surface area contributed by atoms with Gasteiger partial charge < -0.3 is 0 Å². The average molecular weight is 542 g/mol. The van der Waals surface area contributed by atoms with Gasteiger partial charge in [-0.1, -0.05) is 89.2 Å². The summed E-state index contributed by atoms with van der Waals surface area (Å²) in [6.45, 7) is 2.02. The number of fused-ring (bicyclic) bond motifs is 1. The van der Waals surface area contributed by atoms with Gasteiger partial charge in [0, 0.05) is 22.9 Å². The number of nitrogens with one attached hydrogen (secondary N) is 1. The Morgan fingerprint density at radius 2 is 1.76 bits per heavy atom. The number of aromatic nitrogens is 2. The number of amides is 1. The monoisotopic (exact) mass is 541 g/mol. The SMILES string of the molecule is Cc1ccc(/C=N/c2c(C(=O)N/N=C/c3cc4ccccc4nc3Cl)sc(=S)n2-c2ccccc2)cc1. The van der Waals surface area contributed by atoms with E-state index >= 15 is 0 Å². The van der Waals surface area contributed by atoms with Crippen LogP contribution >= 0.6 is 35.2 Å². The third kappa shape index (κ3) is 5.56. The zero-order valence-corrected chi connectivity index (χ0v) is 22.0. The second-order valence-corrected chi connectivity index (χ2v) is 10.1. The number of hydrazone groups is 1. The van der Waals surface area contributed by atoms with Crippen molar-refractivity contribution in [3.8, 4) is 5.69 Å². The zero-order chi connectivity index (χ0) is 25.8. The van der Waals surface area contributed by atoms with Gasteiger partial charge >= 0.3 is 0 Å². The Balaban J connectivity index is 1.47. The average Bonchev–Trinajstić information content (AvgIpc) is 3.25. The maximum absolute atomic E-state index is 13.2. The Morgan fingerprint density at radius 3 is 2.54 bits per heavy atom. The van der Waals surface area contributed by atoms with Crippen molar-refractivity contribution in [2.45, 2.75) is 6.92 Å². The summed E-state index contributed by atoms with van der Waals surface area (Å²) in [5.74, 6) is 0.00263. The first kappa shape index (κ1) is 24.7. The normalized spacial score (nSPS) is 11.5. The lowest BCUT2D eigenvalue weighted by molar-refractivity contribution is 0.0959. The van der Waals surface area contributed by atoms with Crippen molar-refractivity contribution in [2.24, 2.45) is 10.1 Å². The Morgan fingerprint density at radius 1 is 1.03 bits per heavy atom. The summed E-state index contributed by atoms with van der Waals surface area (Å²) in [6, 6.07) is 27.0. The van der Waals surface area contributed by atoms with Crippen LogP contribution in [-0.2, 0) is 0 Å². The molecule has 37 heavy (non-hydrogen) atoms. The van der Waals surface area contributed by atoms with Crippen LogP contribution in [0.3, 0.4) is 0 Å². The largest absolute Gasteiger partial charge is 0.285 e.